The van der Waals surface area contributed by atoms with Crippen LogP contribution < -0.4 is 15.2 Å². The predicted octanol–water partition coefficient (Wildman–Crippen LogP) is 1.57. The maximum Gasteiger partial charge on any atom is 0.231 e. The highest BCUT2D eigenvalue weighted by molar-refractivity contribution is 5.44. The number of fused-ring (bicyclic) bond motifs is 1. The van der Waals surface area contributed by atoms with Gasteiger partial charge in [-0.3, -0.25) is 14.7 Å². The Hall–Kier alpha value is -2.42. The third-order valence-corrected chi connectivity index (χ3v) is 6.38. The molecule has 2 fully saturated rings. The molecule has 0 aliphatic carbocycles. The Morgan fingerprint density at radius 2 is 1.67 bits per heavy atom. The molecule has 0 radical (unpaired) electrons. The smallest absolute Gasteiger partial charge is 0.231 e. The van der Waals surface area contributed by atoms with Crippen LogP contribution in [0.3, 0.4) is 0 Å². The molecule has 0 saturated carbocycles. The Kier molecular flexibility index (Phi) is 5.70. The van der Waals surface area contributed by atoms with Crippen molar-refractivity contribution in [3.63, 3.8) is 0 Å². The largest absolute Gasteiger partial charge is 0.454 e. The van der Waals surface area contributed by atoms with Crippen molar-refractivity contribution < 1.29 is 9.47 Å². The Balaban J connectivity index is 1.11. The third-order valence-electron chi connectivity index (χ3n) is 6.38. The van der Waals surface area contributed by atoms with Crippen molar-refractivity contribution in [1.82, 2.24) is 24.7 Å². The number of anilines is 1. The highest BCUT2D eigenvalue weighted by atomic mass is 16.7. The van der Waals surface area contributed by atoms with Crippen LogP contribution >= 0.6 is 0 Å². The van der Waals surface area contributed by atoms with Crippen molar-refractivity contribution in [2.75, 3.05) is 51.8 Å². The summed E-state index contributed by atoms with van der Waals surface area (Å²) in [6, 6.07) is 6.94. The van der Waals surface area contributed by atoms with Crippen LogP contribution in [-0.4, -0.2) is 76.8 Å². The summed E-state index contributed by atoms with van der Waals surface area (Å²) in [5.41, 5.74) is 8.04. The first kappa shape index (κ1) is 19.5. The molecule has 4 heterocycles. The van der Waals surface area contributed by atoms with E-state index in [0.717, 1.165) is 69.4 Å². The van der Waals surface area contributed by atoms with Gasteiger partial charge < -0.3 is 15.2 Å². The van der Waals surface area contributed by atoms with Crippen LogP contribution in [0.4, 0.5) is 5.95 Å². The predicted molar refractivity (Wildman–Crippen MR) is 114 cm³/mol. The minimum Gasteiger partial charge on any atom is -0.454 e. The van der Waals surface area contributed by atoms with Crippen LogP contribution in [0, 0.1) is 0 Å². The number of rotatable bonds is 5. The van der Waals surface area contributed by atoms with Gasteiger partial charge in [-0.25, -0.2) is 9.97 Å². The average Bonchev–Trinajstić information content (AvgIpc) is 3.24. The van der Waals surface area contributed by atoms with Gasteiger partial charge in [-0.2, -0.15) is 0 Å². The zero-order valence-corrected chi connectivity index (χ0v) is 17.4. The van der Waals surface area contributed by atoms with Crippen LogP contribution in [0.1, 0.15) is 24.0 Å². The fourth-order valence-electron chi connectivity index (χ4n) is 4.76. The molecule has 8 heteroatoms. The number of piperidine rings is 1. The van der Waals surface area contributed by atoms with Gasteiger partial charge in [0.15, 0.2) is 11.5 Å². The van der Waals surface area contributed by atoms with E-state index in [0.29, 0.717) is 18.8 Å². The number of ether oxygens (including phenoxy) is 2. The first-order chi connectivity index (χ1) is 14.7. The first-order valence-electron chi connectivity index (χ1n) is 10.9. The molecule has 160 valence electrons. The molecule has 8 nitrogen and oxygen atoms in total. The van der Waals surface area contributed by atoms with Crippen molar-refractivity contribution in [1.29, 1.82) is 0 Å². The molecule has 2 N–H and O–H groups in total. The summed E-state index contributed by atoms with van der Waals surface area (Å²) in [5.74, 6) is 2.07. The Labute approximate surface area is 177 Å². The number of hydrogen-bond acceptors (Lipinski definition) is 8. The van der Waals surface area contributed by atoms with Crippen LogP contribution in [0.5, 0.6) is 11.5 Å². The van der Waals surface area contributed by atoms with Crippen molar-refractivity contribution in [2.45, 2.75) is 32.0 Å². The molecular weight excluding hydrogens is 380 g/mol. The van der Waals surface area contributed by atoms with Gasteiger partial charge in [0.25, 0.3) is 0 Å². The second-order valence-corrected chi connectivity index (χ2v) is 8.48. The molecule has 1 atom stereocenters. The number of benzene rings is 1. The van der Waals surface area contributed by atoms with E-state index in [1.165, 1.54) is 18.4 Å². The fraction of sp³-hybridized carbons (Fsp3) is 0.545. The van der Waals surface area contributed by atoms with Crippen molar-refractivity contribution in [3.05, 3.63) is 41.7 Å². The normalized spacial score (nSPS) is 23.0. The topological polar surface area (TPSA) is 80.0 Å². The summed E-state index contributed by atoms with van der Waals surface area (Å²) in [6.45, 7) is 8.95. The summed E-state index contributed by atoms with van der Waals surface area (Å²) in [5, 5.41) is 0. The molecule has 2 saturated heterocycles. The lowest BCUT2D eigenvalue weighted by atomic mass is 10.0. The summed E-state index contributed by atoms with van der Waals surface area (Å²) in [6.07, 6.45) is 6.23. The minimum absolute atomic E-state index is 0.335. The number of nitrogens with zero attached hydrogens (tertiary/aromatic N) is 5. The first-order valence-corrected chi connectivity index (χ1v) is 10.9. The average molecular weight is 411 g/mol. The second kappa shape index (κ2) is 8.75. The van der Waals surface area contributed by atoms with Crippen molar-refractivity contribution in [2.24, 2.45) is 0 Å². The Morgan fingerprint density at radius 1 is 0.900 bits per heavy atom. The second-order valence-electron chi connectivity index (χ2n) is 8.48. The van der Waals surface area contributed by atoms with Gasteiger partial charge in [-0.15, -0.1) is 0 Å². The fourth-order valence-corrected chi connectivity index (χ4v) is 4.76. The van der Waals surface area contributed by atoms with Gasteiger partial charge in [0, 0.05) is 69.8 Å². The lowest BCUT2D eigenvalue weighted by molar-refractivity contribution is 0.0477. The molecule has 0 unspecified atom stereocenters. The lowest BCUT2D eigenvalue weighted by Gasteiger charge is -2.43. The Bertz CT molecular complexity index is 853. The molecule has 1 aromatic carbocycles. The van der Waals surface area contributed by atoms with E-state index in [2.05, 4.69) is 36.8 Å². The van der Waals surface area contributed by atoms with Crippen LogP contribution in [0.25, 0.3) is 0 Å². The molecule has 1 aromatic heterocycles. The number of aromatic nitrogens is 2. The van der Waals surface area contributed by atoms with Gasteiger partial charge in [-0.1, -0.05) is 6.07 Å². The highest BCUT2D eigenvalue weighted by Gasteiger charge is 2.28. The molecule has 0 spiro atoms. The van der Waals surface area contributed by atoms with Crippen LogP contribution in [0.2, 0.25) is 0 Å². The van der Waals surface area contributed by atoms with E-state index in [4.69, 9.17) is 15.2 Å². The number of nitrogen functional groups attached to an aromatic ring is 1. The molecule has 3 aliphatic rings. The minimum atomic E-state index is 0.335. The van der Waals surface area contributed by atoms with E-state index in [1.54, 1.807) is 0 Å². The third kappa shape index (κ3) is 4.50. The van der Waals surface area contributed by atoms with Gasteiger partial charge in [0.1, 0.15) is 0 Å². The summed E-state index contributed by atoms with van der Waals surface area (Å²) >= 11 is 0. The zero-order chi connectivity index (χ0) is 20.3. The van der Waals surface area contributed by atoms with Crippen LogP contribution in [0.15, 0.2) is 30.6 Å². The maximum atomic E-state index is 5.60. The van der Waals surface area contributed by atoms with Gasteiger partial charge in [0.05, 0.1) is 0 Å². The number of likely N-dealkylation sites (tertiary alicyclic amines) is 1. The van der Waals surface area contributed by atoms with Crippen LogP contribution in [-0.2, 0) is 13.1 Å². The van der Waals surface area contributed by atoms with Gasteiger partial charge >= 0.3 is 0 Å². The van der Waals surface area contributed by atoms with Crippen molar-refractivity contribution >= 4 is 5.95 Å². The van der Waals surface area contributed by atoms with E-state index in [9.17, 15) is 0 Å². The molecule has 30 heavy (non-hydrogen) atoms. The zero-order valence-electron chi connectivity index (χ0n) is 17.4. The monoisotopic (exact) mass is 410 g/mol. The molecule has 3 aliphatic heterocycles. The standard InChI is InChI=1S/C22H30N6O2/c23-22-24-11-18(12-25-22)14-27-5-1-2-19(15-27)28-8-6-26(7-9-28)13-17-3-4-20-21(10-17)30-16-29-20/h3-4,10-12,19H,1-2,5-9,13-16H2,(H2,23,24,25)/t19-/m0/s1. The van der Waals surface area contributed by atoms with E-state index in [-0.39, 0.29) is 0 Å². The summed E-state index contributed by atoms with van der Waals surface area (Å²) < 4.78 is 10.9. The summed E-state index contributed by atoms with van der Waals surface area (Å²) in [4.78, 5) is 16.0. The maximum absolute atomic E-state index is 5.60. The highest BCUT2D eigenvalue weighted by Crippen LogP contribution is 2.33. The van der Waals surface area contributed by atoms with E-state index < -0.39 is 0 Å². The SMILES string of the molecule is Nc1ncc(CN2CCC[C@H](N3CCN(Cc4ccc5c(c4)OCO5)CC3)C2)cn1. The van der Waals surface area contributed by atoms with E-state index in [1.807, 2.05) is 18.5 Å². The van der Waals surface area contributed by atoms with Gasteiger partial charge in [0.2, 0.25) is 12.7 Å². The number of nitrogens with two attached hydrogens (primary N) is 1. The lowest BCUT2D eigenvalue weighted by Crippen LogP contribution is -2.54. The summed E-state index contributed by atoms with van der Waals surface area (Å²) in [7, 11) is 0. The molecule has 0 amide bonds. The quantitative estimate of drug-likeness (QED) is 0.796. The Morgan fingerprint density at radius 3 is 2.50 bits per heavy atom. The molecule has 2 aromatic rings. The number of hydrogen-bond donors (Lipinski definition) is 1. The molecule has 5 rings (SSSR count). The van der Waals surface area contributed by atoms with Crippen molar-refractivity contribution in [3.8, 4) is 11.5 Å². The van der Waals surface area contributed by atoms with E-state index >= 15 is 0 Å². The molecular formula is C22H30N6O2. The molecule has 0 bridgehead atoms. The number of piperazine rings is 1. The van der Waals surface area contributed by atoms with Gasteiger partial charge in [-0.05, 0) is 37.1 Å².